The van der Waals surface area contributed by atoms with Gasteiger partial charge in [0.2, 0.25) is 6.79 Å². The van der Waals surface area contributed by atoms with Crippen molar-refractivity contribution in [2.75, 3.05) is 19.2 Å². The Bertz CT molecular complexity index is 889. The topological polar surface area (TPSA) is 77.1 Å². The molecule has 7 heteroatoms. The predicted molar refractivity (Wildman–Crippen MR) is 105 cm³/mol. The van der Waals surface area contributed by atoms with Crippen molar-refractivity contribution in [1.82, 2.24) is 4.90 Å². The van der Waals surface area contributed by atoms with Crippen molar-refractivity contribution in [3.63, 3.8) is 0 Å². The molecule has 1 aliphatic rings. The van der Waals surface area contributed by atoms with E-state index < -0.39 is 11.7 Å². The summed E-state index contributed by atoms with van der Waals surface area (Å²) < 4.78 is 16.1. The van der Waals surface area contributed by atoms with Crippen LogP contribution in [0.25, 0.3) is 0 Å². The molecule has 148 valence electrons. The SMILES string of the molecule is CN(Cc1cccc(NC(=O)c2cccc3c2OCO3)c1)C(=O)OC(C)(C)C. The Morgan fingerprint density at radius 2 is 1.89 bits per heavy atom. The Kier molecular flexibility index (Phi) is 5.44. The van der Waals surface area contributed by atoms with E-state index >= 15 is 0 Å². The lowest BCUT2D eigenvalue weighted by molar-refractivity contribution is 0.0285. The number of ether oxygens (including phenoxy) is 3. The fraction of sp³-hybridized carbons (Fsp3) is 0.333. The van der Waals surface area contributed by atoms with Gasteiger partial charge in [-0.25, -0.2) is 4.79 Å². The second-order valence-corrected chi connectivity index (χ2v) is 7.53. The van der Waals surface area contributed by atoms with Crippen molar-refractivity contribution in [2.45, 2.75) is 32.9 Å². The van der Waals surface area contributed by atoms with Crippen LogP contribution in [0.2, 0.25) is 0 Å². The smallest absolute Gasteiger partial charge is 0.410 e. The van der Waals surface area contributed by atoms with Gasteiger partial charge in [-0.05, 0) is 50.6 Å². The van der Waals surface area contributed by atoms with Crippen molar-refractivity contribution in [1.29, 1.82) is 0 Å². The number of carbonyl (C=O) groups is 2. The van der Waals surface area contributed by atoms with E-state index in [4.69, 9.17) is 14.2 Å². The van der Waals surface area contributed by atoms with Crippen LogP contribution in [0.15, 0.2) is 42.5 Å². The lowest BCUT2D eigenvalue weighted by Gasteiger charge is -2.24. The molecule has 0 fully saturated rings. The highest BCUT2D eigenvalue weighted by Crippen LogP contribution is 2.35. The lowest BCUT2D eigenvalue weighted by Crippen LogP contribution is -2.33. The van der Waals surface area contributed by atoms with Crippen molar-refractivity contribution in [2.24, 2.45) is 0 Å². The van der Waals surface area contributed by atoms with E-state index in [1.54, 1.807) is 31.3 Å². The first-order chi connectivity index (χ1) is 13.2. The van der Waals surface area contributed by atoms with E-state index in [9.17, 15) is 9.59 Å². The number of fused-ring (bicyclic) bond motifs is 1. The first-order valence-corrected chi connectivity index (χ1v) is 8.96. The number of nitrogens with one attached hydrogen (secondary N) is 1. The van der Waals surface area contributed by atoms with E-state index in [0.29, 0.717) is 29.3 Å². The highest BCUT2D eigenvalue weighted by molar-refractivity contribution is 6.06. The third kappa shape index (κ3) is 4.73. The molecular weight excluding hydrogens is 360 g/mol. The first kappa shape index (κ1) is 19.5. The van der Waals surface area contributed by atoms with Gasteiger partial charge in [0.1, 0.15) is 5.60 Å². The summed E-state index contributed by atoms with van der Waals surface area (Å²) in [4.78, 5) is 26.3. The second-order valence-electron chi connectivity index (χ2n) is 7.53. The average molecular weight is 384 g/mol. The standard InChI is InChI=1S/C21H24N2O5/c1-21(2,3)28-20(25)23(4)12-14-7-5-8-15(11-14)22-19(24)16-9-6-10-17-18(16)27-13-26-17/h5-11H,12-13H2,1-4H3,(H,22,24). The normalized spacial score (nSPS) is 12.4. The van der Waals surface area contributed by atoms with Crippen LogP contribution in [-0.4, -0.2) is 36.3 Å². The molecule has 2 aromatic rings. The maximum absolute atomic E-state index is 12.6. The summed E-state index contributed by atoms with van der Waals surface area (Å²) in [6.07, 6.45) is -0.404. The third-order valence-corrected chi connectivity index (χ3v) is 3.95. The molecule has 3 rings (SSSR count). The molecule has 1 aliphatic heterocycles. The monoisotopic (exact) mass is 384 g/mol. The number of hydrogen-bond donors (Lipinski definition) is 1. The van der Waals surface area contributed by atoms with Crippen LogP contribution in [0.1, 0.15) is 36.7 Å². The van der Waals surface area contributed by atoms with Gasteiger partial charge < -0.3 is 24.4 Å². The molecule has 0 saturated carbocycles. The van der Waals surface area contributed by atoms with Gasteiger partial charge in [-0.2, -0.15) is 0 Å². The predicted octanol–water partition coefficient (Wildman–Crippen LogP) is 4.03. The number of carbonyl (C=O) groups excluding carboxylic acids is 2. The quantitative estimate of drug-likeness (QED) is 0.861. The van der Waals surface area contributed by atoms with Crippen molar-refractivity contribution in [3.05, 3.63) is 53.6 Å². The van der Waals surface area contributed by atoms with Gasteiger partial charge in [0.05, 0.1) is 5.56 Å². The highest BCUT2D eigenvalue weighted by Gasteiger charge is 2.22. The molecule has 0 aromatic heterocycles. The third-order valence-electron chi connectivity index (χ3n) is 3.95. The van der Waals surface area contributed by atoms with Crippen molar-refractivity contribution < 1.29 is 23.8 Å². The van der Waals surface area contributed by atoms with E-state index in [0.717, 1.165) is 5.56 Å². The summed E-state index contributed by atoms with van der Waals surface area (Å²) in [5.74, 6) is 0.709. The number of anilines is 1. The van der Waals surface area contributed by atoms with Crippen molar-refractivity contribution in [3.8, 4) is 11.5 Å². The maximum Gasteiger partial charge on any atom is 0.410 e. The molecule has 1 N–H and O–H groups in total. The first-order valence-electron chi connectivity index (χ1n) is 8.96. The van der Waals surface area contributed by atoms with Crippen LogP contribution in [0, 0.1) is 0 Å². The molecule has 0 atom stereocenters. The summed E-state index contributed by atoms with van der Waals surface area (Å²) in [5, 5.41) is 2.86. The molecule has 0 spiro atoms. The van der Waals surface area contributed by atoms with Crippen LogP contribution < -0.4 is 14.8 Å². The molecule has 0 radical (unpaired) electrons. The molecule has 1 heterocycles. The van der Waals surface area contributed by atoms with Gasteiger partial charge in [-0.15, -0.1) is 0 Å². The maximum atomic E-state index is 12.6. The molecule has 7 nitrogen and oxygen atoms in total. The number of para-hydroxylation sites is 1. The van der Waals surface area contributed by atoms with E-state index in [-0.39, 0.29) is 12.7 Å². The van der Waals surface area contributed by atoms with Crippen LogP contribution in [0.3, 0.4) is 0 Å². The Morgan fingerprint density at radius 1 is 1.14 bits per heavy atom. The highest BCUT2D eigenvalue weighted by atomic mass is 16.7. The Labute approximate surface area is 164 Å². The molecule has 0 unspecified atom stereocenters. The van der Waals surface area contributed by atoms with E-state index in [2.05, 4.69) is 5.32 Å². The fourth-order valence-corrected chi connectivity index (χ4v) is 2.73. The minimum absolute atomic E-state index is 0.103. The molecule has 28 heavy (non-hydrogen) atoms. The summed E-state index contributed by atoms with van der Waals surface area (Å²) in [7, 11) is 1.67. The van der Waals surface area contributed by atoms with Crippen molar-refractivity contribution >= 4 is 17.7 Å². The van der Waals surface area contributed by atoms with Crippen LogP contribution in [0.5, 0.6) is 11.5 Å². The minimum Gasteiger partial charge on any atom is -0.454 e. The zero-order chi connectivity index (χ0) is 20.3. The van der Waals surface area contributed by atoms with E-state index in [1.165, 1.54) is 4.90 Å². The minimum atomic E-state index is -0.553. The Hall–Kier alpha value is -3.22. The van der Waals surface area contributed by atoms with Crippen LogP contribution >= 0.6 is 0 Å². The summed E-state index contributed by atoms with van der Waals surface area (Å²) in [5.41, 5.74) is 1.34. The van der Waals surface area contributed by atoms with E-state index in [1.807, 2.05) is 39.0 Å². The number of rotatable bonds is 4. The zero-order valence-corrected chi connectivity index (χ0v) is 16.4. The number of amides is 2. The van der Waals surface area contributed by atoms with Gasteiger partial charge >= 0.3 is 6.09 Å². The van der Waals surface area contributed by atoms with Crippen LogP contribution in [-0.2, 0) is 11.3 Å². The Balaban J connectivity index is 1.68. The van der Waals surface area contributed by atoms with Gasteiger partial charge in [0.25, 0.3) is 5.91 Å². The lowest BCUT2D eigenvalue weighted by atomic mass is 10.1. The van der Waals surface area contributed by atoms with Gasteiger partial charge in [0.15, 0.2) is 11.5 Å². The molecule has 2 aromatic carbocycles. The second kappa shape index (κ2) is 7.80. The van der Waals surface area contributed by atoms with Gasteiger partial charge in [0, 0.05) is 19.3 Å². The summed E-state index contributed by atoms with van der Waals surface area (Å²) >= 11 is 0. The Morgan fingerprint density at radius 3 is 2.64 bits per heavy atom. The molecular formula is C21H24N2O5. The van der Waals surface area contributed by atoms with Crippen LogP contribution in [0.4, 0.5) is 10.5 Å². The molecule has 0 saturated heterocycles. The molecule has 2 amide bonds. The number of benzene rings is 2. The van der Waals surface area contributed by atoms with Gasteiger partial charge in [-0.3, -0.25) is 4.79 Å². The number of nitrogens with zero attached hydrogens (tertiary/aromatic N) is 1. The summed E-state index contributed by atoms with van der Waals surface area (Å²) in [6, 6.07) is 12.5. The number of hydrogen-bond acceptors (Lipinski definition) is 5. The summed E-state index contributed by atoms with van der Waals surface area (Å²) in [6.45, 7) is 5.93. The molecule has 0 aliphatic carbocycles. The fourth-order valence-electron chi connectivity index (χ4n) is 2.73. The molecule has 0 bridgehead atoms. The zero-order valence-electron chi connectivity index (χ0n) is 16.4. The van der Waals surface area contributed by atoms with Gasteiger partial charge in [-0.1, -0.05) is 18.2 Å². The largest absolute Gasteiger partial charge is 0.454 e. The average Bonchev–Trinajstić information content (AvgIpc) is 3.09.